The lowest BCUT2D eigenvalue weighted by Gasteiger charge is -2.25. The molecule has 0 aliphatic heterocycles. The maximum atomic E-state index is 7.04. The Hall–Kier alpha value is -7.37. The normalized spacial score (nSPS) is 11.6. The second kappa shape index (κ2) is 14.4. The molecule has 0 N–H and O–H groups in total. The monoisotopic (exact) mass is 769 g/mol. The van der Waals surface area contributed by atoms with Crippen LogP contribution in [0.5, 0.6) is 0 Å². The van der Waals surface area contributed by atoms with Crippen LogP contribution in [0.2, 0.25) is 0 Å². The van der Waals surface area contributed by atoms with Gasteiger partial charge in [-0.15, -0.1) is 10.9 Å². The summed E-state index contributed by atoms with van der Waals surface area (Å²) in [4.78, 5) is 15.6. The Balaban J connectivity index is 1.35. The van der Waals surface area contributed by atoms with Crippen LogP contribution in [0.15, 0.2) is 170 Å². The number of hydrogen-bond donors (Lipinski definition) is 0. The van der Waals surface area contributed by atoms with E-state index in [-0.39, 0.29) is 0 Å². The lowest BCUT2D eigenvalue weighted by molar-refractivity contribution is 0.953. The Labute approximate surface area is 358 Å². The first-order valence-electron chi connectivity index (χ1n) is 20.1. The summed E-state index contributed by atoms with van der Waals surface area (Å²) < 4.78 is 4.56. The summed E-state index contributed by atoms with van der Waals surface area (Å²) in [6.07, 6.45) is 0. The molecule has 276 valence electrons. The number of rotatable bonds is 6. The van der Waals surface area contributed by atoms with Gasteiger partial charge in [-0.3, -0.25) is 4.57 Å². The predicted molar refractivity (Wildman–Crippen MR) is 257 cm³/mol. The number of benzene rings is 8. The van der Waals surface area contributed by atoms with E-state index in [9.17, 15) is 0 Å². The molecule has 0 atom stereocenters. The fraction of sp³-hybridized carbons (Fsp3) is 0.0192. The second-order valence-corrected chi connectivity index (χ2v) is 15.3. The van der Waals surface area contributed by atoms with E-state index in [2.05, 4.69) is 106 Å². The van der Waals surface area contributed by atoms with Crippen molar-refractivity contribution in [3.8, 4) is 56.7 Å². The van der Waals surface area contributed by atoms with Crippen LogP contribution < -0.4 is 21.9 Å². The Bertz CT molecular complexity index is 3440. The predicted octanol–water partition coefficient (Wildman–Crippen LogP) is 8.22. The lowest BCUT2D eigenvalue weighted by atomic mass is 9.63. The van der Waals surface area contributed by atoms with Crippen LogP contribution in [0, 0.1) is 6.92 Å². The standard InChI is InChI=1S/C52H31B4N5/c1-30-43(53)42(45(55)46(56)44(30)54)39-25-15-24-34(31-16-5-2-6-17-31)47(39)60-40-26-13-11-22-35(40)37-28-29-38-36-23-12-14-27-41(36)61(49(38)48(37)60)52-58-50(32-18-7-3-8-19-32)57-51(59-52)33-20-9-4-10-21-33/h2-29H,1H3. The van der Waals surface area contributed by atoms with Crippen LogP contribution in [0.4, 0.5) is 0 Å². The topological polar surface area (TPSA) is 48.5 Å². The van der Waals surface area contributed by atoms with Gasteiger partial charge >= 0.3 is 0 Å². The van der Waals surface area contributed by atoms with Gasteiger partial charge in [0.15, 0.2) is 11.6 Å². The van der Waals surface area contributed by atoms with Gasteiger partial charge in [0.2, 0.25) is 5.95 Å². The van der Waals surface area contributed by atoms with Crippen LogP contribution in [0.25, 0.3) is 100 Å². The fourth-order valence-electron chi connectivity index (χ4n) is 8.92. The number of para-hydroxylation sites is 3. The highest BCUT2D eigenvalue weighted by molar-refractivity contribution is 6.61. The highest BCUT2D eigenvalue weighted by Gasteiger charge is 2.27. The molecule has 11 aromatic rings. The van der Waals surface area contributed by atoms with Gasteiger partial charge in [0.05, 0.1) is 27.8 Å². The maximum Gasteiger partial charge on any atom is 0.238 e. The van der Waals surface area contributed by atoms with Crippen LogP contribution >= 0.6 is 0 Å². The first-order chi connectivity index (χ1) is 29.9. The Morgan fingerprint density at radius 1 is 0.377 bits per heavy atom. The third kappa shape index (κ3) is 5.72. The van der Waals surface area contributed by atoms with E-state index < -0.39 is 0 Å². The number of nitrogens with zero attached hydrogens (tertiary/aromatic N) is 5. The summed E-state index contributed by atoms with van der Waals surface area (Å²) in [5.41, 5.74) is 12.1. The molecule has 0 aliphatic rings. The van der Waals surface area contributed by atoms with Gasteiger partial charge in [-0.25, -0.2) is 4.98 Å². The summed E-state index contributed by atoms with van der Waals surface area (Å²) in [6, 6.07) is 58.1. The Morgan fingerprint density at radius 2 is 0.852 bits per heavy atom. The number of hydrogen-bond acceptors (Lipinski definition) is 3. The van der Waals surface area contributed by atoms with Crippen LogP contribution in [-0.2, 0) is 0 Å². The molecule has 3 aromatic heterocycles. The molecule has 5 nitrogen and oxygen atoms in total. The molecule has 0 saturated carbocycles. The molecule has 8 aromatic carbocycles. The minimum atomic E-state index is 0.306. The minimum absolute atomic E-state index is 0.306. The molecule has 0 unspecified atom stereocenters. The van der Waals surface area contributed by atoms with Crippen molar-refractivity contribution in [3.63, 3.8) is 0 Å². The average Bonchev–Trinajstić information content (AvgIpc) is 3.84. The van der Waals surface area contributed by atoms with Crippen molar-refractivity contribution in [2.24, 2.45) is 0 Å². The van der Waals surface area contributed by atoms with Crippen molar-refractivity contribution in [1.82, 2.24) is 24.1 Å². The molecule has 0 amide bonds. The molecular weight excluding hydrogens is 738 g/mol. The van der Waals surface area contributed by atoms with Gasteiger partial charge in [0.25, 0.3) is 0 Å². The first-order valence-corrected chi connectivity index (χ1v) is 20.1. The number of fused-ring (bicyclic) bond motifs is 7. The molecule has 11 rings (SSSR count). The highest BCUT2D eigenvalue weighted by Crippen LogP contribution is 2.45. The third-order valence-corrected chi connectivity index (χ3v) is 11.9. The van der Waals surface area contributed by atoms with E-state index in [1.165, 1.54) is 0 Å². The molecule has 3 heterocycles. The molecular formula is C52H31B4N5. The molecule has 0 spiro atoms. The minimum Gasteiger partial charge on any atom is -0.306 e. The average molecular weight is 769 g/mol. The highest BCUT2D eigenvalue weighted by atomic mass is 15.2. The molecule has 0 fully saturated rings. The van der Waals surface area contributed by atoms with E-state index in [1.807, 2.05) is 79.7 Å². The molecule has 61 heavy (non-hydrogen) atoms. The van der Waals surface area contributed by atoms with Crippen molar-refractivity contribution in [1.29, 1.82) is 0 Å². The van der Waals surface area contributed by atoms with Gasteiger partial charge in [-0.2, -0.15) is 9.97 Å². The van der Waals surface area contributed by atoms with E-state index in [0.717, 1.165) is 77.1 Å². The summed E-state index contributed by atoms with van der Waals surface area (Å²) in [5, 5.41) is 4.23. The zero-order valence-electron chi connectivity index (χ0n) is 33.2. The third-order valence-electron chi connectivity index (χ3n) is 11.9. The van der Waals surface area contributed by atoms with Crippen LogP contribution in [0.1, 0.15) is 5.56 Å². The quantitative estimate of drug-likeness (QED) is 0.160. The Morgan fingerprint density at radius 3 is 1.43 bits per heavy atom. The van der Waals surface area contributed by atoms with Crippen LogP contribution in [0.3, 0.4) is 0 Å². The van der Waals surface area contributed by atoms with E-state index in [4.69, 9.17) is 46.3 Å². The van der Waals surface area contributed by atoms with E-state index >= 15 is 0 Å². The zero-order chi connectivity index (χ0) is 41.4. The lowest BCUT2D eigenvalue weighted by Crippen LogP contribution is -2.46. The maximum absolute atomic E-state index is 7.04. The molecule has 0 bridgehead atoms. The van der Waals surface area contributed by atoms with Crippen molar-refractivity contribution in [3.05, 3.63) is 175 Å². The van der Waals surface area contributed by atoms with Crippen molar-refractivity contribution in [2.45, 2.75) is 6.92 Å². The molecule has 0 aliphatic carbocycles. The smallest absolute Gasteiger partial charge is 0.238 e. The van der Waals surface area contributed by atoms with E-state index in [0.29, 0.717) is 50.6 Å². The fourth-order valence-corrected chi connectivity index (χ4v) is 8.92. The van der Waals surface area contributed by atoms with Gasteiger partial charge in [-0.05, 0) is 30.2 Å². The van der Waals surface area contributed by atoms with Crippen molar-refractivity contribution >= 4 is 96.8 Å². The Kier molecular flexibility index (Phi) is 8.67. The van der Waals surface area contributed by atoms with Gasteiger partial charge in [0.1, 0.15) is 31.4 Å². The summed E-state index contributed by atoms with van der Waals surface area (Å²) in [6.45, 7) is 1.88. The SMILES string of the molecule is [B]c1c([B])c(C)c([B])c(-c2cccc(-c3ccccc3)c2-n2c3ccccc3c3ccc4c5ccccc5n(-c5nc(-c6ccccc6)nc(-c6ccccc6)n5)c4c32)c1[B]. The number of aromatic nitrogens is 5. The van der Waals surface area contributed by atoms with Crippen molar-refractivity contribution in [2.75, 3.05) is 0 Å². The van der Waals surface area contributed by atoms with Crippen molar-refractivity contribution < 1.29 is 0 Å². The summed E-state index contributed by atoms with van der Waals surface area (Å²) in [5.74, 6) is 1.64. The molecule has 9 heteroatoms. The van der Waals surface area contributed by atoms with Gasteiger partial charge < -0.3 is 4.57 Å². The first kappa shape index (κ1) is 36.7. The van der Waals surface area contributed by atoms with Crippen LogP contribution in [-0.4, -0.2) is 55.5 Å². The summed E-state index contributed by atoms with van der Waals surface area (Å²) in [7, 11) is 27.2. The van der Waals surface area contributed by atoms with E-state index in [1.54, 1.807) is 0 Å². The zero-order valence-corrected chi connectivity index (χ0v) is 33.2. The largest absolute Gasteiger partial charge is 0.306 e. The second-order valence-electron chi connectivity index (χ2n) is 15.3. The molecule has 8 radical (unpaired) electrons. The van der Waals surface area contributed by atoms with Gasteiger partial charge in [-0.1, -0.05) is 174 Å². The van der Waals surface area contributed by atoms with Gasteiger partial charge in [0, 0.05) is 43.8 Å². The molecule has 0 saturated heterocycles. The summed E-state index contributed by atoms with van der Waals surface area (Å²) >= 11 is 0.